The zero-order chi connectivity index (χ0) is 20.2. The van der Waals surface area contributed by atoms with Crippen LogP contribution in [0.3, 0.4) is 0 Å². The van der Waals surface area contributed by atoms with Crippen LogP contribution >= 0.6 is 11.6 Å². The van der Waals surface area contributed by atoms with Gasteiger partial charge in [0, 0.05) is 31.8 Å². The molecule has 1 N–H and O–H groups in total. The standard InChI is InChI=1S/C22H28ClN5O/c1-16-12-20(26-29-16)21-19(22(23)27(2)25-21)15-28-11-9-18(14-28)13-24-10-8-17-6-4-3-5-7-17/h3-7,12,18,24H,8-11,13-15H2,1-2H3/t18-/m1/s1. The Balaban J connectivity index is 1.30. The molecule has 1 atom stereocenters. The Morgan fingerprint density at radius 1 is 1.28 bits per heavy atom. The summed E-state index contributed by atoms with van der Waals surface area (Å²) in [6.07, 6.45) is 2.28. The highest BCUT2D eigenvalue weighted by molar-refractivity contribution is 6.30. The molecule has 0 saturated carbocycles. The van der Waals surface area contributed by atoms with E-state index >= 15 is 0 Å². The summed E-state index contributed by atoms with van der Waals surface area (Å²) in [6, 6.07) is 12.5. The van der Waals surface area contributed by atoms with Crippen molar-refractivity contribution in [1.29, 1.82) is 0 Å². The van der Waals surface area contributed by atoms with Gasteiger partial charge in [0.25, 0.3) is 0 Å². The summed E-state index contributed by atoms with van der Waals surface area (Å²) in [5.74, 6) is 1.44. The van der Waals surface area contributed by atoms with Crippen LogP contribution in [0.15, 0.2) is 40.9 Å². The topological polar surface area (TPSA) is 59.1 Å². The van der Waals surface area contributed by atoms with Gasteiger partial charge in [-0.2, -0.15) is 5.10 Å². The van der Waals surface area contributed by atoms with Gasteiger partial charge in [-0.3, -0.25) is 9.58 Å². The molecule has 1 fully saturated rings. The molecule has 0 unspecified atom stereocenters. The van der Waals surface area contributed by atoms with E-state index in [0.29, 0.717) is 11.1 Å². The Morgan fingerprint density at radius 3 is 2.86 bits per heavy atom. The van der Waals surface area contributed by atoms with Gasteiger partial charge in [0.1, 0.15) is 22.3 Å². The summed E-state index contributed by atoms with van der Waals surface area (Å²) in [6.45, 7) is 6.89. The first-order valence-electron chi connectivity index (χ1n) is 10.2. The molecule has 1 saturated heterocycles. The lowest BCUT2D eigenvalue weighted by Gasteiger charge is -2.16. The van der Waals surface area contributed by atoms with E-state index in [4.69, 9.17) is 16.1 Å². The second-order valence-corrected chi connectivity index (χ2v) is 8.25. The van der Waals surface area contributed by atoms with Crippen LogP contribution in [0.1, 0.15) is 23.3 Å². The third kappa shape index (κ3) is 4.89. The number of benzene rings is 1. The van der Waals surface area contributed by atoms with Gasteiger partial charge in [-0.05, 0) is 50.9 Å². The maximum atomic E-state index is 6.55. The largest absolute Gasteiger partial charge is 0.361 e. The van der Waals surface area contributed by atoms with Crippen molar-refractivity contribution in [2.24, 2.45) is 13.0 Å². The fourth-order valence-electron chi connectivity index (χ4n) is 4.00. The molecule has 1 aromatic carbocycles. The van der Waals surface area contributed by atoms with Crippen molar-refractivity contribution in [2.45, 2.75) is 26.3 Å². The quantitative estimate of drug-likeness (QED) is 0.571. The molecule has 3 heterocycles. The zero-order valence-corrected chi connectivity index (χ0v) is 17.8. The highest BCUT2D eigenvalue weighted by Crippen LogP contribution is 2.30. The number of aryl methyl sites for hydroxylation is 2. The number of rotatable bonds is 8. The number of nitrogens with zero attached hydrogens (tertiary/aromatic N) is 4. The predicted octanol–water partition coefficient (Wildman–Crippen LogP) is 3.69. The Bertz CT molecular complexity index is 936. The van der Waals surface area contributed by atoms with Crippen LogP contribution < -0.4 is 5.32 Å². The molecule has 0 radical (unpaired) electrons. The molecule has 154 valence electrons. The van der Waals surface area contributed by atoms with E-state index in [1.165, 1.54) is 12.0 Å². The Labute approximate surface area is 176 Å². The molecule has 29 heavy (non-hydrogen) atoms. The molecule has 0 spiro atoms. The zero-order valence-electron chi connectivity index (χ0n) is 17.1. The maximum Gasteiger partial charge on any atom is 0.134 e. The van der Waals surface area contributed by atoms with E-state index in [2.05, 4.69) is 50.8 Å². The SMILES string of the molecule is Cc1cc(-c2nn(C)c(Cl)c2CN2CC[C@H](CNCCc3ccccc3)C2)no1. The molecule has 2 aromatic heterocycles. The highest BCUT2D eigenvalue weighted by Gasteiger charge is 2.26. The highest BCUT2D eigenvalue weighted by atomic mass is 35.5. The number of aromatic nitrogens is 3. The molecule has 0 aliphatic carbocycles. The minimum absolute atomic E-state index is 0.666. The fourth-order valence-corrected chi connectivity index (χ4v) is 4.19. The Hall–Kier alpha value is -2.15. The summed E-state index contributed by atoms with van der Waals surface area (Å²) in [4.78, 5) is 2.46. The van der Waals surface area contributed by atoms with E-state index in [0.717, 1.165) is 61.9 Å². The van der Waals surface area contributed by atoms with E-state index in [1.807, 2.05) is 20.0 Å². The van der Waals surface area contributed by atoms with Gasteiger partial charge in [-0.15, -0.1) is 0 Å². The Morgan fingerprint density at radius 2 is 2.10 bits per heavy atom. The van der Waals surface area contributed by atoms with Gasteiger partial charge >= 0.3 is 0 Å². The molecule has 1 aliphatic rings. The summed E-state index contributed by atoms with van der Waals surface area (Å²) >= 11 is 6.55. The van der Waals surface area contributed by atoms with Crippen LogP contribution in [0.5, 0.6) is 0 Å². The first kappa shape index (κ1) is 20.1. The van der Waals surface area contributed by atoms with Gasteiger partial charge in [-0.1, -0.05) is 47.1 Å². The van der Waals surface area contributed by atoms with E-state index in [1.54, 1.807) is 4.68 Å². The van der Waals surface area contributed by atoms with Crippen molar-refractivity contribution >= 4 is 11.6 Å². The predicted molar refractivity (Wildman–Crippen MR) is 115 cm³/mol. The van der Waals surface area contributed by atoms with Crippen molar-refractivity contribution in [3.05, 3.63) is 58.4 Å². The van der Waals surface area contributed by atoms with Crippen molar-refractivity contribution in [3.63, 3.8) is 0 Å². The number of likely N-dealkylation sites (tertiary alicyclic amines) is 1. The Kier molecular flexibility index (Phi) is 6.33. The summed E-state index contributed by atoms with van der Waals surface area (Å²) in [5, 5.41) is 13.0. The van der Waals surface area contributed by atoms with Crippen molar-refractivity contribution in [2.75, 3.05) is 26.2 Å². The number of nitrogens with one attached hydrogen (secondary N) is 1. The van der Waals surface area contributed by atoms with Gasteiger partial charge in [0.2, 0.25) is 0 Å². The van der Waals surface area contributed by atoms with Gasteiger partial charge in [0.15, 0.2) is 0 Å². The van der Waals surface area contributed by atoms with E-state index < -0.39 is 0 Å². The molecule has 0 amide bonds. The lowest BCUT2D eigenvalue weighted by molar-refractivity contribution is 0.314. The van der Waals surface area contributed by atoms with Gasteiger partial charge in [-0.25, -0.2) is 0 Å². The van der Waals surface area contributed by atoms with Crippen LogP contribution in [0.4, 0.5) is 0 Å². The lowest BCUT2D eigenvalue weighted by atomic mass is 10.1. The normalized spacial score (nSPS) is 17.3. The average Bonchev–Trinajstić information content (AvgIpc) is 3.42. The molecular formula is C22H28ClN5O. The van der Waals surface area contributed by atoms with Crippen LogP contribution in [0, 0.1) is 12.8 Å². The van der Waals surface area contributed by atoms with Crippen molar-refractivity contribution in [3.8, 4) is 11.4 Å². The van der Waals surface area contributed by atoms with Crippen molar-refractivity contribution in [1.82, 2.24) is 25.2 Å². The molecule has 3 aromatic rings. The van der Waals surface area contributed by atoms with Crippen LogP contribution in [-0.4, -0.2) is 46.0 Å². The van der Waals surface area contributed by atoms with Crippen molar-refractivity contribution < 1.29 is 4.52 Å². The third-order valence-corrected chi connectivity index (χ3v) is 6.03. The average molecular weight is 414 g/mol. The number of halogens is 1. The first-order chi connectivity index (χ1) is 14.1. The molecule has 0 bridgehead atoms. The second kappa shape index (κ2) is 9.11. The lowest BCUT2D eigenvalue weighted by Crippen LogP contribution is -2.27. The summed E-state index contributed by atoms with van der Waals surface area (Å²) in [5.41, 5.74) is 3.98. The molecule has 4 rings (SSSR count). The third-order valence-electron chi connectivity index (χ3n) is 5.56. The first-order valence-corrected chi connectivity index (χ1v) is 10.6. The maximum absolute atomic E-state index is 6.55. The molecule has 6 nitrogen and oxygen atoms in total. The minimum Gasteiger partial charge on any atom is -0.361 e. The number of hydrogen-bond donors (Lipinski definition) is 1. The van der Waals surface area contributed by atoms with E-state index in [-0.39, 0.29) is 0 Å². The number of hydrogen-bond acceptors (Lipinski definition) is 5. The molecular weight excluding hydrogens is 386 g/mol. The fraction of sp³-hybridized carbons (Fsp3) is 0.455. The second-order valence-electron chi connectivity index (χ2n) is 7.89. The van der Waals surface area contributed by atoms with Crippen LogP contribution in [0.25, 0.3) is 11.4 Å². The monoisotopic (exact) mass is 413 g/mol. The smallest absolute Gasteiger partial charge is 0.134 e. The van der Waals surface area contributed by atoms with Crippen LogP contribution in [0.2, 0.25) is 5.15 Å². The summed E-state index contributed by atoms with van der Waals surface area (Å²) < 4.78 is 6.95. The van der Waals surface area contributed by atoms with Gasteiger partial charge < -0.3 is 9.84 Å². The molecule has 1 aliphatic heterocycles. The summed E-state index contributed by atoms with van der Waals surface area (Å²) in [7, 11) is 1.87. The van der Waals surface area contributed by atoms with Crippen LogP contribution in [-0.2, 0) is 20.0 Å². The molecule has 7 heteroatoms. The minimum atomic E-state index is 0.666. The van der Waals surface area contributed by atoms with Gasteiger partial charge in [0.05, 0.1) is 0 Å². The van der Waals surface area contributed by atoms with E-state index in [9.17, 15) is 0 Å².